The van der Waals surface area contributed by atoms with Gasteiger partial charge in [0.2, 0.25) is 5.89 Å². The molecule has 4 aliphatic heterocycles. The fraction of sp³-hybridized carbons (Fsp3) is 0.606. The van der Waals surface area contributed by atoms with Gasteiger partial charge in [-0.05, 0) is 50.7 Å². The molecule has 9 heteroatoms. The molecule has 8 bridgehead atoms. The van der Waals surface area contributed by atoms with Gasteiger partial charge in [-0.15, -0.1) is 0 Å². The van der Waals surface area contributed by atoms with Gasteiger partial charge in [-0.25, -0.2) is 9.78 Å². The topological polar surface area (TPSA) is 124 Å². The van der Waals surface area contributed by atoms with Crippen LogP contribution < -0.4 is 0 Å². The summed E-state index contributed by atoms with van der Waals surface area (Å²) < 4.78 is 31.0. The lowest BCUT2D eigenvalue weighted by Crippen LogP contribution is -2.50. The van der Waals surface area contributed by atoms with Gasteiger partial charge < -0.3 is 28.5 Å². The van der Waals surface area contributed by atoms with Crippen molar-refractivity contribution >= 4 is 12.0 Å². The van der Waals surface area contributed by atoms with Crippen LogP contribution in [0.1, 0.15) is 83.4 Å². The number of hydrogen-bond donors (Lipinski definition) is 1. The molecule has 0 amide bonds. The highest BCUT2D eigenvalue weighted by atomic mass is 16.6. The first-order valence-corrected chi connectivity index (χ1v) is 15.1. The maximum atomic E-state index is 13.0. The van der Waals surface area contributed by atoms with Crippen molar-refractivity contribution in [1.82, 2.24) is 4.98 Å². The van der Waals surface area contributed by atoms with Crippen molar-refractivity contribution in [1.29, 1.82) is 5.26 Å². The largest absolute Gasteiger partial charge is 0.458 e. The Morgan fingerprint density at radius 1 is 1.05 bits per heavy atom. The summed E-state index contributed by atoms with van der Waals surface area (Å²) in [5.74, 6) is -0.204. The minimum absolute atomic E-state index is 0.0834. The smallest absolute Gasteiger partial charge is 0.330 e. The third kappa shape index (κ3) is 7.30. The van der Waals surface area contributed by atoms with Crippen molar-refractivity contribution in [3.8, 4) is 6.07 Å². The fourth-order valence-corrected chi connectivity index (χ4v) is 6.81. The Morgan fingerprint density at radius 3 is 2.64 bits per heavy atom. The van der Waals surface area contributed by atoms with Crippen LogP contribution in [0.2, 0.25) is 0 Å². The minimum atomic E-state index is -0.505. The summed E-state index contributed by atoms with van der Waals surface area (Å²) in [6.45, 7) is 10.1. The third-order valence-electron chi connectivity index (χ3n) is 8.89. The second-order valence-corrected chi connectivity index (χ2v) is 12.3. The maximum Gasteiger partial charge on any atom is 0.330 e. The molecule has 0 saturated carbocycles. The normalized spacial score (nSPS) is 39.7. The van der Waals surface area contributed by atoms with E-state index in [1.54, 1.807) is 12.3 Å². The quantitative estimate of drug-likeness (QED) is 0.260. The molecule has 10 atom stereocenters. The van der Waals surface area contributed by atoms with E-state index in [2.05, 4.69) is 17.6 Å². The van der Waals surface area contributed by atoms with E-state index in [4.69, 9.17) is 23.4 Å². The number of hydrogen-bond acceptors (Lipinski definition) is 9. The Balaban J connectivity index is 1.42. The summed E-state index contributed by atoms with van der Waals surface area (Å²) in [6.07, 6.45) is 12.1. The van der Waals surface area contributed by atoms with Gasteiger partial charge in [-0.2, -0.15) is 5.26 Å². The fourth-order valence-electron chi connectivity index (χ4n) is 6.81. The zero-order chi connectivity index (χ0) is 29.8. The van der Waals surface area contributed by atoms with Crippen molar-refractivity contribution in [2.45, 2.75) is 115 Å². The maximum absolute atomic E-state index is 13.0. The lowest BCUT2D eigenvalue weighted by atomic mass is 9.79. The Hall–Kier alpha value is -3.03. The number of nitriles is 1. The molecule has 4 aliphatic rings. The zero-order valence-electron chi connectivity index (χ0n) is 24.7. The van der Waals surface area contributed by atoms with Crippen molar-refractivity contribution in [2.75, 3.05) is 0 Å². The van der Waals surface area contributed by atoms with E-state index in [-0.39, 0.29) is 48.5 Å². The van der Waals surface area contributed by atoms with Crippen LogP contribution in [0.3, 0.4) is 0 Å². The summed E-state index contributed by atoms with van der Waals surface area (Å²) in [5, 5.41) is 19.9. The molecule has 3 fully saturated rings. The first-order chi connectivity index (χ1) is 20.2. The van der Waals surface area contributed by atoms with Crippen LogP contribution in [0.25, 0.3) is 6.08 Å². The molecule has 5 heterocycles. The lowest BCUT2D eigenvalue weighted by Gasteiger charge is -2.44. The van der Waals surface area contributed by atoms with Gasteiger partial charge in [0, 0.05) is 36.8 Å². The lowest BCUT2D eigenvalue weighted by molar-refractivity contribution is -0.180. The number of aliphatic hydroxyl groups excluding tert-OH is 1. The number of rotatable bonds is 1. The average molecular weight is 579 g/mol. The van der Waals surface area contributed by atoms with Crippen LogP contribution in [0.4, 0.5) is 0 Å². The average Bonchev–Trinajstić information content (AvgIpc) is 3.40. The Morgan fingerprint density at radius 2 is 1.83 bits per heavy atom. The number of nitrogens with zero attached hydrogens (tertiary/aromatic N) is 2. The second kappa shape index (κ2) is 13.5. The number of aromatic nitrogens is 1. The molecular formula is C33H42N2O7. The standard InChI is InChI=1S/C33H42N2O7/c1-19-13-24-7-5-10-31(37)42-33-21(3)28(41-32(22(33)4)20(2)11-12-34)8-6-9-30-35-27(18-38-30)29-16-23(36)15-26(40-29)17-25(14-19)39-24/h5-6,9-11,18,21-26,28-29,32-33,36H,1,7-8,13-17H2,2-4H3/b9-6+,10-5-,20-11+. The molecule has 5 rings (SSSR count). The molecule has 0 aromatic carbocycles. The van der Waals surface area contributed by atoms with Gasteiger partial charge in [-0.1, -0.05) is 38.2 Å². The molecule has 226 valence electrons. The predicted molar refractivity (Wildman–Crippen MR) is 155 cm³/mol. The van der Waals surface area contributed by atoms with Crippen molar-refractivity contribution in [2.24, 2.45) is 11.8 Å². The van der Waals surface area contributed by atoms with Crippen molar-refractivity contribution in [3.05, 3.63) is 59.9 Å². The van der Waals surface area contributed by atoms with Crippen LogP contribution in [0.5, 0.6) is 0 Å². The second-order valence-electron chi connectivity index (χ2n) is 12.3. The van der Waals surface area contributed by atoms with Gasteiger partial charge >= 0.3 is 5.97 Å². The van der Waals surface area contributed by atoms with E-state index < -0.39 is 18.2 Å². The molecule has 3 saturated heterocycles. The number of oxazole rings is 1. The molecular weight excluding hydrogens is 536 g/mol. The SMILES string of the molecule is C=C1CC2C/C=C\C(=O)OC3C(C)C(C/C=C/c4nc(co4)C4CC(O)CC(CC(C1)O2)O4)OC(/C(C)=C/C#N)C3C. The monoisotopic (exact) mass is 578 g/mol. The van der Waals surface area contributed by atoms with Crippen LogP contribution >= 0.6 is 0 Å². The number of ether oxygens (including phenoxy) is 4. The summed E-state index contributed by atoms with van der Waals surface area (Å²) in [7, 11) is 0. The van der Waals surface area contributed by atoms with E-state index in [1.807, 2.05) is 32.9 Å². The number of esters is 1. The minimum Gasteiger partial charge on any atom is -0.458 e. The highest BCUT2D eigenvalue weighted by molar-refractivity contribution is 5.82. The molecule has 0 spiro atoms. The summed E-state index contributed by atoms with van der Waals surface area (Å²) >= 11 is 0. The van der Waals surface area contributed by atoms with E-state index in [1.165, 1.54) is 12.2 Å². The van der Waals surface area contributed by atoms with Gasteiger partial charge in [0.05, 0.1) is 42.7 Å². The summed E-state index contributed by atoms with van der Waals surface area (Å²) in [6, 6.07) is 2.09. The Kier molecular flexibility index (Phi) is 9.79. The summed E-state index contributed by atoms with van der Waals surface area (Å²) in [4.78, 5) is 17.6. The van der Waals surface area contributed by atoms with Gasteiger partial charge in [0.15, 0.2) is 0 Å². The van der Waals surface area contributed by atoms with Crippen LogP contribution in [0.15, 0.2) is 52.7 Å². The van der Waals surface area contributed by atoms with E-state index in [0.717, 1.165) is 24.0 Å². The van der Waals surface area contributed by atoms with E-state index in [9.17, 15) is 15.2 Å². The Labute approximate surface area is 247 Å². The molecule has 42 heavy (non-hydrogen) atoms. The van der Waals surface area contributed by atoms with E-state index in [0.29, 0.717) is 43.7 Å². The molecule has 0 radical (unpaired) electrons. The van der Waals surface area contributed by atoms with Crippen molar-refractivity contribution < 1.29 is 33.3 Å². The summed E-state index contributed by atoms with van der Waals surface area (Å²) in [5.41, 5.74) is 2.55. The van der Waals surface area contributed by atoms with Gasteiger partial charge in [0.1, 0.15) is 24.2 Å². The number of aliphatic hydroxyl groups is 1. The van der Waals surface area contributed by atoms with Crippen LogP contribution in [0, 0.1) is 23.2 Å². The molecule has 1 N–H and O–H groups in total. The van der Waals surface area contributed by atoms with Gasteiger partial charge in [0.25, 0.3) is 0 Å². The van der Waals surface area contributed by atoms with Crippen LogP contribution in [-0.2, 0) is 23.7 Å². The van der Waals surface area contributed by atoms with Gasteiger partial charge in [-0.3, -0.25) is 0 Å². The third-order valence-corrected chi connectivity index (χ3v) is 8.89. The molecule has 9 nitrogen and oxygen atoms in total. The molecule has 0 aliphatic carbocycles. The Bertz CT molecular complexity index is 1260. The number of fused-ring (bicyclic) bond motifs is 9. The van der Waals surface area contributed by atoms with Crippen molar-refractivity contribution in [3.63, 3.8) is 0 Å². The number of allylic oxidation sites excluding steroid dienone is 1. The number of carbonyl (C=O) groups is 1. The predicted octanol–water partition coefficient (Wildman–Crippen LogP) is 5.53. The van der Waals surface area contributed by atoms with Crippen LogP contribution in [-0.4, -0.2) is 58.8 Å². The first-order valence-electron chi connectivity index (χ1n) is 15.1. The highest BCUT2D eigenvalue weighted by Crippen LogP contribution is 2.38. The highest BCUT2D eigenvalue weighted by Gasteiger charge is 2.43. The molecule has 1 aromatic heterocycles. The first kappa shape index (κ1) is 30.4. The molecule has 1 aromatic rings. The molecule has 10 unspecified atom stereocenters. The number of carbonyl (C=O) groups excluding carboxylic acids is 1. The van der Waals surface area contributed by atoms with E-state index >= 15 is 0 Å². The zero-order valence-corrected chi connectivity index (χ0v) is 24.7.